The second kappa shape index (κ2) is 6.37. The number of aromatic nitrogens is 1. The normalized spacial score (nSPS) is 11.8. The number of anilines is 1. The number of rotatable bonds is 3. The van der Waals surface area contributed by atoms with Crippen molar-refractivity contribution >= 4 is 22.2 Å². The van der Waals surface area contributed by atoms with E-state index in [1.54, 1.807) is 12.1 Å². The highest BCUT2D eigenvalue weighted by atomic mass is 32.1. The summed E-state index contributed by atoms with van der Waals surface area (Å²) in [6.45, 7) is 0. The summed E-state index contributed by atoms with van der Waals surface area (Å²) in [7, 11) is 0. The van der Waals surface area contributed by atoms with E-state index in [1.165, 1.54) is 22.5 Å². The van der Waals surface area contributed by atoms with E-state index in [0.29, 0.717) is 10.7 Å². The van der Waals surface area contributed by atoms with Gasteiger partial charge in [-0.05, 0) is 23.3 Å². The van der Waals surface area contributed by atoms with Gasteiger partial charge in [0.05, 0.1) is 11.4 Å². The predicted molar refractivity (Wildman–Crippen MR) is 110 cm³/mol. The Bertz CT molecular complexity index is 1130. The number of thiazole rings is 1. The number of para-hydroxylation sites is 1. The van der Waals surface area contributed by atoms with Crippen LogP contribution in [-0.4, -0.2) is 15.8 Å². The summed E-state index contributed by atoms with van der Waals surface area (Å²) in [6.07, 6.45) is 0. The lowest BCUT2D eigenvalue weighted by atomic mass is 10.1. The van der Waals surface area contributed by atoms with Gasteiger partial charge in [0.25, 0.3) is 0 Å². The van der Waals surface area contributed by atoms with Crippen molar-refractivity contribution in [2.45, 2.75) is 0 Å². The quantitative estimate of drug-likeness (QED) is 0.421. The van der Waals surface area contributed by atoms with E-state index in [2.05, 4.69) is 39.8 Å². The predicted octanol–water partition coefficient (Wildman–Crippen LogP) is 5.36. The summed E-state index contributed by atoms with van der Waals surface area (Å²) in [5, 5.41) is 17.3. The lowest BCUT2D eigenvalue weighted by Crippen LogP contribution is -2.02. The van der Waals surface area contributed by atoms with E-state index >= 15 is 0 Å². The Kier molecular flexibility index (Phi) is 3.73. The Balaban J connectivity index is 1.50. The molecule has 0 amide bonds. The first kappa shape index (κ1) is 15.8. The number of phenolic OH excluding ortho intramolecular Hbond substituents is 1. The van der Waals surface area contributed by atoms with Crippen molar-refractivity contribution in [2.75, 3.05) is 5.43 Å². The highest BCUT2D eigenvalue weighted by molar-refractivity contribution is 7.14. The molecule has 130 valence electrons. The molecular formula is C22H15N3OS. The van der Waals surface area contributed by atoms with Gasteiger partial charge >= 0.3 is 0 Å². The zero-order chi connectivity index (χ0) is 18.2. The van der Waals surface area contributed by atoms with Crippen LogP contribution in [0.15, 0.2) is 83.3 Å². The van der Waals surface area contributed by atoms with Gasteiger partial charge in [-0.2, -0.15) is 5.10 Å². The van der Waals surface area contributed by atoms with Gasteiger partial charge in [0.1, 0.15) is 5.75 Å². The summed E-state index contributed by atoms with van der Waals surface area (Å²) < 4.78 is 0. The van der Waals surface area contributed by atoms with E-state index in [0.717, 1.165) is 22.5 Å². The third-order valence-electron chi connectivity index (χ3n) is 4.60. The lowest BCUT2D eigenvalue weighted by Gasteiger charge is -2.02. The Morgan fingerprint density at radius 2 is 1.30 bits per heavy atom. The molecule has 0 spiro atoms. The number of hydrogen-bond donors (Lipinski definition) is 2. The first-order valence-corrected chi connectivity index (χ1v) is 9.46. The molecule has 5 heteroatoms. The maximum absolute atomic E-state index is 10.0. The summed E-state index contributed by atoms with van der Waals surface area (Å²) in [6, 6.07) is 23.8. The molecule has 4 aromatic rings. The molecule has 0 bridgehead atoms. The average molecular weight is 369 g/mol. The Labute approximate surface area is 160 Å². The smallest absolute Gasteiger partial charge is 0.203 e. The number of nitrogens with zero attached hydrogens (tertiary/aromatic N) is 2. The van der Waals surface area contributed by atoms with Crippen LogP contribution in [0.5, 0.6) is 5.75 Å². The molecule has 0 saturated heterocycles. The zero-order valence-corrected chi connectivity index (χ0v) is 15.1. The molecule has 5 rings (SSSR count). The number of benzene rings is 3. The van der Waals surface area contributed by atoms with E-state index in [1.807, 2.05) is 41.8 Å². The lowest BCUT2D eigenvalue weighted by molar-refractivity contribution is 0.477. The third kappa shape index (κ3) is 2.69. The van der Waals surface area contributed by atoms with Crippen molar-refractivity contribution in [1.82, 2.24) is 4.98 Å². The van der Waals surface area contributed by atoms with Gasteiger partial charge in [-0.15, -0.1) is 11.3 Å². The Morgan fingerprint density at radius 1 is 0.741 bits per heavy atom. The van der Waals surface area contributed by atoms with E-state index in [9.17, 15) is 5.11 Å². The van der Waals surface area contributed by atoms with Crippen LogP contribution in [0.25, 0.3) is 22.4 Å². The number of nitrogens with one attached hydrogen (secondary N) is 1. The molecular weight excluding hydrogens is 354 g/mol. The highest BCUT2D eigenvalue weighted by Gasteiger charge is 2.24. The van der Waals surface area contributed by atoms with Crippen molar-refractivity contribution in [2.24, 2.45) is 5.10 Å². The highest BCUT2D eigenvalue weighted by Crippen LogP contribution is 2.37. The van der Waals surface area contributed by atoms with Crippen molar-refractivity contribution in [3.05, 3.63) is 89.3 Å². The second-order valence-corrected chi connectivity index (χ2v) is 7.08. The molecule has 3 aromatic carbocycles. The van der Waals surface area contributed by atoms with Crippen molar-refractivity contribution < 1.29 is 5.11 Å². The number of phenols is 1. The van der Waals surface area contributed by atoms with Crippen LogP contribution in [-0.2, 0) is 0 Å². The fraction of sp³-hybridized carbons (Fsp3) is 0. The minimum absolute atomic E-state index is 0.222. The molecule has 0 unspecified atom stereocenters. The number of fused-ring (bicyclic) bond motifs is 3. The molecule has 0 saturated carbocycles. The molecule has 1 aliphatic rings. The molecule has 0 fully saturated rings. The number of hydrazone groups is 1. The first-order valence-electron chi connectivity index (χ1n) is 8.58. The first-order chi connectivity index (χ1) is 13.3. The average Bonchev–Trinajstić information content (AvgIpc) is 3.30. The molecule has 0 atom stereocenters. The van der Waals surface area contributed by atoms with E-state index in [4.69, 9.17) is 0 Å². The molecule has 0 aliphatic heterocycles. The van der Waals surface area contributed by atoms with Crippen molar-refractivity contribution in [3.63, 3.8) is 0 Å². The summed E-state index contributed by atoms with van der Waals surface area (Å²) in [4.78, 5) is 4.55. The van der Waals surface area contributed by atoms with Crippen LogP contribution in [0.4, 0.5) is 5.13 Å². The van der Waals surface area contributed by atoms with Crippen LogP contribution >= 0.6 is 11.3 Å². The molecule has 1 heterocycles. The molecule has 2 N–H and O–H groups in total. The van der Waals surface area contributed by atoms with Crippen LogP contribution in [0.1, 0.15) is 11.1 Å². The maximum atomic E-state index is 10.0. The summed E-state index contributed by atoms with van der Waals surface area (Å²) in [5.74, 6) is 0.222. The van der Waals surface area contributed by atoms with E-state index < -0.39 is 0 Å². The van der Waals surface area contributed by atoms with Crippen LogP contribution in [0, 0.1) is 0 Å². The molecule has 1 aliphatic carbocycles. The van der Waals surface area contributed by atoms with Gasteiger partial charge in [-0.1, -0.05) is 60.7 Å². The molecule has 4 nitrogen and oxygen atoms in total. The maximum Gasteiger partial charge on any atom is 0.203 e. The third-order valence-corrected chi connectivity index (χ3v) is 5.35. The standard InChI is InChI=1S/C22H15N3OS/c26-20-12-6-5-11-18(20)19-13-27-22(23-19)25-24-21-16-9-3-1-7-14(16)15-8-2-4-10-17(15)21/h1-13,26H,(H,23,25). The fourth-order valence-corrected chi connectivity index (χ4v) is 4.01. The fourth-order valence-electron chi connectivity index (χ4n) is 3.36. The van der Waals surface area contributed by atoms with Gasteiger partial charge in [-0.25, -0.2) is 4.98 Å². The van der Waals surface area contributed by atoms with Gasteiger partial charge in [0.15, 0.2) is 0 Å². The Morgan fingerprint density at radius 3 is 1.93 bits per heavy atom. The minimum atomic E-state index is 0.222. The molecule has 27 heavy (non-hydrogen) atoms. The van der Waals surface area contributed by atoms with Crippen molar-refractivity contribution in [3.8, 4) is 28.1 Å². The van der Waals surface area contributed by atoms with Crippen LogP contribution < -0.4 is 5.43 Å². The summed E-state index contributed by atoms with van der Waals surface area (Å²) in [5.41, 5.74) is 10.1. The monoisotopic (exact) mass is 369 g/mol. The topological polar surface area (TPSA) is 57.5 Å². The van der Waals surface area contributed by atoms with Crippen LogP contribution in [0.3, 0.4) is 0 Å². The van der Waals surface area contributed by atoms with Gasteiger partial charge in [0, 0.05) is 22.1 Å². The van der Waals surface area contributed by atoms with E-state index in [-0.39, 0.29) is 5.75 Å². The zero-order valence-electron chi connectivity index (χ0n) is 14.3. The van der Waals surface area contributed by atoms with Crippen LogP contribution in [0.2, 0.25) is 0 Å². The largest absolute Gasteiger partial charge is 0.507 e. The van der Waals surface area contributed by atoms with Gasteiger partial charge in [-0.3, -0.25) is 5.43 Å². The summed E-state index contributed by atoms with van der Waals surface area (Å²) >= 11 is 1.46. The number of aromatic hydroxyl groups is 1. The second-order valence-electron chi connectivity index (χ2n) is 6.22. The van der Waals surface area contributed by atoms with Gasteiger partial charge in [0.2, 0.25) is 5.13 Å². The Hall–Kier alpha value is -3.44. The molecule has 1 aromatic heterocycles. The SMILES string of the molecule is Oc1ccccc1-c1csc(NN=C2c3ccccc3-c3ccccc32)n1. The van der Waals surface area contributed by atoms with Gasteiger partial charge < -0.3 is 5.11 Å². The van der Waals surface area contributed by atoms with Crippen molar-refractivity contribution in [1.29, 1.82) is 0 Å². The molecule has 0 radical (unpaired) electrons. The number of hydrogen-bond acceptors (Lipinski definition) is 5. The minimum Gasteiger partial charge on any atom is -0.507 e.